The summed E-state index contributed by atoms with van der Waals surface area (Å²) < 4.78 is 1.10. The third-order valence-electron chi connectivity index (χ3n) is 3.27. The van der Waals surface area contributed by atoms with E-state index in [0.29, 0.717) is 0 Å². The van der Waals surface area contributed by atoms with Crippen LogP contribution in [0.3, 0.4) is 0 Å². The molecule has 2 aromatic rings. The van der Waals surface area contributed by atoms with E-state index in [4.69, 9.17) is 10.7 Å². The van der Waals surface area contributed by atoms with Crippen LogP contribution in [0.15, 0.2) is 22.1 Å². The number of rotatable bonds is 1. The number of hydrogen-bond acceptors (Lipinski definition) is 4. The molecule has 1 aliphatic rings. The van der Waals surface area contributed by atoms with Gasteiger partial charge in [-0.1, -0.05) is 6.42 Å². The molecule has 0 fully saturated rings. The topological polar surface area (TPSA) is 51.8 Å². The van der Waals surface area contributed by atoms with Gasteiger partial charge in [-0.2, -0.15) is 0 Å². The summed E-state index contributed by atoms with van der Waals surface area (Å²) >= 11 is 5.13. The van der Waals surface area contributed by atoms with E-state index < -0.39 is 0 Å². The molecule has 0 saturated heterocycles. The number of nitrogens with zero attached hydrogens (tertiary/aromatic N) is 2. The highest BCUT2D eigenvalue weighted by molar-refractivity contribution is 9.11. The Balaban J connectivity index is 2.02. The van der Waals surface area contributed by atoms with Crippen LogP contribution in [0.5, 0.6) is 0 Å². The lowest BCUT2D eigenvalue weighted by atomic mass is 10.1. The Kier molecular flexibility index (Phi) is 3.46. The summed E-state index contributed by atoms with van der Waals surface area (Å²) in [6.45, 7) is 0. The van der Waals surface area contributed by atoms with Crippen molar-refractivity contribution in [3.63, 3.8) is 0 Å². The molecular weight excluding hydrogens is 310 g/mol. The molecule has 2 N–H and O–H groups in total. The highest BCUT2D eigenvalue weighted by atomic mass is 79.9. The normalized spacial score (nSPS) is 19.3. The molecule has 1 unspecified atom stereocenters. The Labute approximate surface area is 119 Å². The van der Waals surface area contributed by atoms with Crippen molar-refractivity contribution >= 4 is 27.3 Å². The lowest BCUT2D eigenvalue weighted by molar-refractivity contribution is 0.614. The fourth-order valence-corrected chi connectivity index (χ4v) is 3.63. The molecule has 0 aromatic carbocycles. The van der Waals surface area contributed by atoms with Crippen LogP contribution >= 0.6 is 27.3 Å². The maximum atomic E-state index is 6.15. The predicted molar refractivity (Wildman–Crippen MR) is 77.5 cm³/mol. The SMILES string of the molecule is NC1CCCCc2nc(-c3ccc(Br)s3)ncc21. The van der Waals surface area contributed by atoms with Gasteiger partial charge in [-0.25, -0.2) is 9.97 Å². The van der Waals surface area contributed by atoms with Gasteiger partial charge in [0.1, 0.15) is 0 Å². The predicted octanol–water partition coefficient (Wildman–Crippen LogP) is 3.69. The molecule has 2 heterocycles. The molecule has 5 heteroatoms. The first kappa shape index (κ1) is 12.3. The molecule has 3 nitrogen and oxygen atoms in total. The number of nitrogens with two attached hydrogens (primary N) is 1. The van der Waals surface area contributed by atoms with Gasteiger partial charge in [0.05, 0.1) is 8.66 Å². The minimum absolute atomic E-state index is 0.103. The second-order valence-corrected chi connectivity index (χ2v) is 7.01. The van der Waals surface area contributed by atoms with Gasteiger partial charge in [-0.05, 0) is 47.3 Å². The van der Waals surface area contributed by atoms with Gasteiger partial charge in [0, 0.05) is 23.5 Å². The highest BCUT2D eigenvalue weighted by Gasteiger charge is 2.18. The van der Waals surface area contributed by atoms with E-state index in [1.54, 1.807) is 11.3 Å². The monoisotopic (exact) mass is 323 g/mol. The van der Waals surface area contributed by atoms with Crippen LogP contribution in [0.1, 0.15) is 36.6 Å². The number of thiophene rings is 1. The number of aryl methyl sites for hydroxylation is 1. The van der Waals surface area contributed by atoms with Crippen LogP contribution in [0.25, 0.3) is 10.7 Å². The van der Waals surface area contributed by atoms with Crippen LogP contribution in [-0.4, -0.2) is 9.97 Å². The Morgan fingerprint density at radius 3 is 3.00 bits per heavy atom. The summed E-state index contributed by atoms with van der Waals surface area (Å²) in [6, 6.07) is 4.18. The van der Waals surface area contributed by atoms with Gasteiger partial charge in [0.2, 0.25) is 0 Å². The van der Waals surface area contributed by atoms with Gasteiger partial charge in [-0.15, -0.1) is 11.3 Å². The third kappa shape index (κ3) is 2.35. The molecule has 3 rings (SSSR count). The standard InChI is InChI=1S/C13H14BrN3S/c14-12-6-5-11(18-12)13-16-7-8-9(15)3-1-2-4-10(8)17-13/h5-7,9H,1-4,15H2. The minimum atomic E-state index is 0.103. The van der Waals surface area contributed by atoms with Crippen LogP contribution in [-0.2, 0) is 6.42 Å². The van der Waals surface area contributed by atoms with E-state index in [9.17, 15) is 0 Å². The molecule has 0 radical (unpaired) electrons. The Morgan fingerprint density at radius 2 is 2.22 bits per heavy atom. The van der Waals surface area contributed by atoms with Crippen molar-refractivity contribution in [3.05, 3.63) is 33.4 Å². The zero-order chi connectivity index (χ0) is 12.5. The van der Waals surface area contributed by atoms with Crippen molar-refractivity contribution < 1.29 is 0 Å². The van der Waals surface area contributed by atoms with Crippen molar-refractivity contribution in [2.45, 2.75) is 31.7 Å². The van der Waals surface area contributed by atoms with Crippen molar-refractivity contribution in [2.75, 3.05) is 0 Å². The summed E-state index contributed by atoms with van der Waals surface area (Å²) in [4.78, 5) is 10.3. The molecule has 0 bridgehead atoms. The summed E-state index contributed by atoms with van der Waals surface area (Å²) in [7, 11) is 0. The fraction of sp³-hybridized carbons (Fsp3) is 0.385. The van der Waals surface area contributed by atoms with Crippen molar-refractivity contribution in [3.8, 4) is 10.7 Å². The number of fused-ring (bicyclic) bond motifs is 1. The third-order valence-corrected chi connectivity index (χ3v) is 4.89. The maximum Gasteiger partial charge on any atom is 0.169 e. The highest BCUT2D eigenvalue weighted by Crippen LogP contribution is 2.31. The van der Waals surface area contributed by atoms with E-state index in [2.05, 4.69) is 20.9 Å². The molecule has 0 spiro atoms. The lowest BCUT2D eigenvalue weighted by Crippen LogP contribution is -2.12. The molecule has 0 saturated carbocycles. The first-order valence-electron chi connectivity index (χ1n) is 6.11. The Morgan fingerprint density at radius 1 is 1.33 bits per heavy atom. The molecule has 1 aliphatic carbocycles. The molecule has 18 heavy (non-hydrogen) atoms. The minimum Gasteiger partial charge on any atom is -0.324 e. The molecule has 94 valence electrons. The lowest BCUT2D eigenvalue weighted by Gasteiger charge is -2.11. The van der Waals surface area contributed by atoms with E-state index >= 15 is 0 Å². The largest absolute Gasteiger partial charge is 0.324 e. The van der Waals surface area contributed by atoms with Gasteiger partial charge in [0.25, 0.3) is 0 Å². The Bertz CT molecular complexity index is 567. The quantitative estimate of drug-likeness (QED) is 0.814. The van der Waals surface area contributed by atoms with Crippen LogP contribution in [0.4, 0.5) is 0 Å². The average molecular weight is 324 g/mol. The molecule has 0 amide bonds. The molecule has 2 aromatic heterocycles. The van der Waals surface area contributed by atoms with Crippen LogP contribution in [0.2, 0.25) is 0 Å². The second kappa shape index (κ2) is 5.07. The summed E-state index contributed by atoms with van der Waals surface area (Å²) in [5.41, 5.74) is 8.42. The van der Waals surface area contributed by atoms with Gasteiger partial charge in [0.15, 0.2) is 5.82 Å². The first-order valence-corrected chi connectivity index (χ1v) is 7.72. The maximum absolute atomic E-state index is 6.15. The Hall–Kier alpha value is -0.780. The molecule has 1 atom stereocenters. The van der Waals surface area contributed by atoms with Crippen molar-refractivity contribution in [1.29, 1.82) is 0 Å². The average Bonchev–Trinajstić information content (AvgIpc) is 2.72. The number of aromatic nitrogens is 2. The van der Waals surface area contributed by atoms with Gasteiger partial charge in [-0.3, -0.25) is 0 Å². The van der Waals surface area contributed by atoms with Crippen LogP contribution < -0.4 is 5.73 Å². The molecule has 0 aliphatic heterocycles. The van der Waals surface area contributed by atoms with E-state index in [-0.39, 0.29) is 6.04 Å². The van der Waals surface area contributed by atoms with E-state index in [0.717, 1.165) is 38.6 Å². The second-order valence-electron chi connectivity index (χ2n) is 4.55. The summed E-state index contributed by atoms with van der Waals surface area (Å²) in [6.07, 6.45) is 6.33. The van der Waals surface area contributed by atoms with Crippen LogP contribution in [0, 0.1) is 0 Å². The van der Waals surface area contributed by atoms with Gasteiger partial charge >= 0.3 is 0 Å². The van der Waals surface area contributed by atoms with Gasteiger partial charge < -0.3 is 5.73 Å². The smallest absolute Gasteiger partial charge is 0.169 e. The summed E-state index contributed by atoms with van der Waals surface area (Å²) in [5, 5.41) is 0. The van der Waals surface area contributed by atoms with Crippen molar-refractivity contribution in [1.82, 2.24) is 9.97 Å². The first-order chi connectivity index (χ1) is 8.74. The zero-order valence-corrected chi connectivity index (χ0v) is 12.3. The van der Waals surface area contributed by atoms with E-state index in [1.165, 1.54) is 12.8 Å². The zero-order valence-electron chi connectivity index (χ0n) is 9.90. The van der Waals surface area contributed by atoms with E-state index in [1.807, 2.05) is 18.3 Å². The number of halogens is 1. The fourth-order valence-electron chi connectivity index (χ4n) is 2.30. The van der Waals surface area contributed by atoms with Crippen molar-refractivity contribution in [2.24, 2.45) is 5.73 Å². The summed E-state index contributed by atoms with van der Waals surface area (Å²) in [5.74, 6) is 0.818. The number of hydrogen-bond donors (Lipinski definition) is 1. The molecular formula is C13H14BrN3S.